The van der Waals surface area contributed by atoms with Gasteiger partial charge in [0.2, 0.25) is 11.8 Å². The highest BCUT2D eigenvalue weighted by Gasteiger charge is 2.15. The van der Waals surface area contributed by atoms with Crippen LogP contribution in [0.1, 0.15) is 39.0 Å². The molecule has 0 fully saturated rings. The van der Waals surface area contributed by atoms with Crippen LogP contribution in [0.25, 0.3) is 0 Å². The number of hydrogen-bond donors (Lipinski definition) is 3. The lowest BCUT2D eigenvalue weighted by atomic mass is 10.1. The molecule has 5 nitrogen and oxygen atoms in total. The number of hydrogen-bond acceptors (Lipinski definition) is 3. The Morgan fingerprint density at radius 1 is 1.09 bits per heavy atom. The Balaban J connectivity index is 0.00000441. The van der Waals surface area contributed by atoms with Gasteiger partial charge < -0.3 is 16.4 Å². The van der Waals surface area contributed by atoms with Gasteiger partial charge in [0.05, 0.1) is 0 Å². The molecule has 0 bridgehead atoms. The minimum atomic E-state index is -0.540. The first kappa shape index (κ1) is 20.4. The maximum atomic E-state index is 11.9. The van der Waals surface area contributed by atoms with E-state index in [0.29, 0.717) is 13.0 Å². The predicted molar refractivity (Wildman–Crippen MR) is 92.1 cm³/mol. The van der Waals surface area contributed by atoms with Gasteiger partial charge in [-0.25, -0.2) is 0 Å². The predicted octanol–water partition coefficient (Wildman–Crippen LogP) is 2.46. The van der Waals surface area contributed by atoms with Crippen molar-refractivity contribution in [3.63, 3.8) is 0 Å². The van der Waals surface area contributed by atoms with Gasteiger partial charge in [0.1, 0.15) is 6.04 Å². The molecule has 0 radical (unpaired) electrons. The van der Waals surface area contributed by atoms with Gasteiger partial charge in [-0.05, 0) is 38.4 Å². The Hall–Kier alpha value is -1.59. The smallest absolute Gasteiger partial charge is 0.246 e. The zero-order chi connectivity index (χ0) is 15.5. The quantitative estimate of drug-likeness (QED) is 0.609. The summed E-state index contributed by atoms with van der Waals surface area (Å²) >= 11 is 0. The second-order valence-electron chi connectivity index (χ2n) is 5.10. The van der Waals surface area contributed by atoms with E-state index in [1.165, 1.54) is 0 Å². The summed E-state index contributed by atoms with van der Waals surface area (Å²) in [6.07, 6.45) is 4.33. The number of para-hydroxylation sites is 1. The lowest BCUT2D eigenvalue weighted by molar-refractivity contribution is -0.126. The zero-order valence-electron chi connectivity index (χ0n) is 13.0. The second-order valence-corrected chi connectivity index (χ2v) is 5.10. The van der Waals surface area contributed by atoms with Crippen LogP contribution in [0, 0.1) is 0 Å². The molecule has 2 amide bonds. The van der Waals surface area contributed by atoms with Crippen LogP contribution >= 0.6 is 12.4 Å². The molecule has 6 heteroatoms. The number of anilines is 1. The first-order valence-corrected chi connectivity index (χ1v) is 7.49. The number of halogens is 1. The minimum Gasteiger partial charge on any atom is -0.345 e. The van der Waals surface area contributed by atoms with E-state index < -0.39 is 6.04 Å². The summed E-state index contributed by atoms with van der Waals surface area (Å²) in [6.45, 7) is 2.38. The average Bonchev–Trinajstić information content (AvgIpc) is 2.48. The maximum absolute atomic E-state index is 11.9. The Labute approximate surface area is 138 Å². The molecular weight excluding hydrogens is 302 g/mol. The molecule has 0 heterocycles. The van der Waals surface area contributed by atoms with Crippen molar-refractivity contribution in [2.45, 2.75) is 45.1 Å². The summed E-state index contributed by atoms with van der Waals surface area (Å²) in [7, 11) is 0. The summed E-state index contributed by atoms with van der Waals surface area (Å²) in [4.78, 5) is 23.7. The fourth-order valence-corrected chi connectivity index (χ4v) is 1.93. The van der Waals surface area contributed by atoms with Crippen LogP contribution in [-0.4, -0.2) is 24.4 Å². The van der Waals surface area contributed by atoms with E-state index in [9.17, 15) is 9.59 Å². The van der Waals surface area contributed by atoms with E-state index >= 15 is 0 Å². The topological polar surface area (TPSA) is 84.2 Å². The van der Waals surface area contributed by atoms with Crippen LogP contribution in [0.3, 0.4) is 0 Å². The monoisotopic (exact) mass is 327 g/mol. The molecule has 0 saturated heterocycles. The molecule has 0 aliphatic heterocycles. The molecule has 0 spiro atoms. The van der Waals surface area contributed by atoms with Crippen molar-refractivity contribution < 1.29 is 9.59 Å². The normalized spacial score (nSPS) is 11.2. The number of nitrogens with two attached hydrogens (primary N) is 1. The summed E-state index contributed by atoms with van der Waals surface area (Å²) in [6, 6.07) is 8.65. The van der Waals surface area contributed by atoms with Crippen LogP contribution in [0.2, 0.25) is 0 Å². The van der Waals surface area contributed by atoms with E-state index in [4.69, 9.17) is 5.73 Å². The van der Waals surface area contributed by atoms with Gasteiger partial charge in [-0.2, -0.15) is 0 Å². The van der Waals surface area contributed by atoms with Crippen molar-refractivity contribution in [1.82, 2.24) is 5.32 Å². The highest BCUT2D eigenvalue weighted by atomic mass is 35.5. The molecule has 1 aromatic carbocycles. The van der Waals surface area contributed by atoms with E-state index in [1.54, 1.807) is 6.92 Å². The third kappa shape index (κ3) is 8.64. The third-order valence-corrected chi connectivity index (χ3v) is 3.17. The average molecular weight is 328 g/mol. The molecule has 1 aromatic rings. The van der Waals surface area contributed by atoms with Gasteiger partial charge in [0, 0.05) is 12.1 Å². The number of carbonyl (C=O) groups is 2. The van der Waals surface area contributed by atoms with Gasteiger partial charge in [0.25, 0.3) is 0 Å². The lowest BCUT2D eigenvalue weighted by Gasteiger charge is -2.14. The SMILES string of the molecule is CC(NC(=O)CCCCCCN)C(=O)Nc1ccccc1.Cl. The summed E-state index contributed by atoms with van der Waals surface area (Å²) in [5.41, 5.74) is 6.14. The number of rotatable bonds is 9. The fourth-order valence-electron chi connectivity index (χ4n) is 1.93. The Kier molecular flexibility index (Phi) is 11.1. The maximum Gasteiger partial charge on any atom is 0.246 e. The van der Waals surface area contributed by atoms with Crippen LogP contribution in [0.5, 0.6) is 0 Å². The standard InChI is InChI=1S/C16H25N3O2.ClH/c1-13(16(21)19-14-9-5-4-6-10-14)18-15(20)11-7-2-3-8-12-17;/h4-6,9-10,13H,2-3,7-8,11-12,17H2,1H3,(H,18,20)(H,19,21);1H. The number of nitrogens with one attached hydrogen (secondary N) is 2. The number of unbranched alkanes of at least 4 members (excludes halogenated alkanes) is 3. The molecule has 1 atom stereocenters. The molecule has 124 valence electrons. The van der Waals surface area contributed by atoms with Crippen LogP contribution in [0.4, 0.5) is 5.69 Å². The number of amides is 2. The number of benzene rings is 1. The van der Waals surface area contributed by atoms with Gasteiger partial charge >= 0.3 is 0 Å². The summed E-state index contributed by atoms with van der Waals surface area (Å²) in [5.74, 6) is -0.295. The highest BCUT2D eigenvalue weighted by molar-refractivity contribution is 5.96. The molecule has 0 saturated carbocycles. The van der Waals surface area contributed by atoms with Crippen molar-refractivity contribution in [3.8, 4) is 0 Å². The van der Waals surface area contributed by atoms with Crippen LogP contribution < -0.4 is 16.4 Å². The van der Waals surface area contributed by atoms with Crippen molar-refractivity contribution in [2.75, 3.05) is 11.9 Å². The minimum absolute atomic E-state index is 0. The molecule has 4 N–H and O–H groups in total. The Morgan fingerprint density at radius 3 is 2.36 bits per heavy atom. The van der Waals surface area contributed by atoms with E-state index in [0.717, 1.165) is 31.4 Å². The molecular formula is C16H26ClN3O2. The van der Waals surface area contributed by atoms with Gasteiger partial charge in [-0.3, -0.25) is 9.59 Å². The Morgan fingerprint density at radius 2 is 1.73 bits per heavy atom. The third-order valence-electron chi connectivity index (χ3n) is 3.17. The van der Waals surface area contributed by atoms with Crippen LogP contribution in [0.15, 0.2) is 30.3 Å². The zero-order valence-corrected chi connectivity index (χ0v) is 13.8. The van der Waals surface area contributed by atoms with Crippen molar-refractivity contribution in [1.29, 1.82) is 0 Å². The fraction of sp³-hybridized carbons (Fsp3) is 0.500. The van der Waals surface area contributed by atoms with E-state index in [2.05, 4.69) is 10.6 Å². The molecule has 22 heavy (non-hydrogen) atoms. The molecule has 1 rings (SSSR count). The first-order valence-electron chi connectivity index (χ1n) is 7.49. The second kappa shape index (κ2) is 12.0. The van der Waals surface area contributed by atoms with Gasteiger partial charge in [0.15, 0.2) is 0 Å². The van der Waals surface area contributed by atoms with Gasteiger partial charge in [-0.1, -0.05) is 31.0 Å². The molecule has 0 aliphatic carbocycles. The van der Waals surface area contributed by atoms with Crippen molar-refractivity contribution >= 4 is 29.9 Å². The summed E-state index contributed by atoms with van der Waals surface area (Å²) < 4.78 is 0. The Bertz CT molecular complexity index is 440. The lowest BCUT2D eigenvalue weighted by Crippen LogP contribution is -2.41. The van der Waals surface area contributed by atoms with E-state index in [-0.39, 0.29) is 24.2 Å². The first-order chi connectivity index (χ1) is 10.1. The summed E-state index contributed by atoms with van der Waals surface area (Å²) in [5, 5.41) is 5.48. The number of carbonyl (C=O) groups excluding carboxylic acids is 2. The van der Waals surface area contributed by atoms with Crippen molar-refractivity contribution in [2.24, 2.45) is 5.73 Å². The van der Waals surface area contributed by atoms with Gasteiger partial charge in [-0.15, -0.1) is 12.4 Å². The molecule has 0 aliphatic rings. The van der Waals surface area contributed by atoms with E-state index in [1.807, 2.05) is 30.3 Å². The molecule has 1 unspecified atom stereocenters. The molecule has 0 aromatic heterocycles. The van der Waals surface area contributed by atoms with Crippen molar-refractivity contribution in [3.05, 3.63) is 30.3 Å². The van der Waals surface area contributed by atoms with Crippen LogP contribution in [-0.2, 0) is 9.59 Å². The highest BCUT2D eigenvalue weighted by Crippen LogP contribution is 2.06. The largest absolute Gasteiger partial charge is 0.345 e.